The second kappa shape index (κ2) is 7.55. The van der Waals surface area contributed by atoms with Crippen LogP contribution in [0.25, 0.3) is 11.3 Å². The van der Waals surface area contributed by atoms with Crippen LogP contribution in [0.15, 0.2) is 30.7 Å². The maximum absolute atomic E-state index is 12.4. The van der Waals surface area contributed by atoms with Crippen molar-refractivity contribution < 1.29 is 13.2 Å². The van der Waals surface area contributed by atoms with Gasteiger partial charge in [0.1, 0.15) is 0 Å². The van der Waals surface area contributed by atoms with E-state index in [0.29, 0.717) is 32.5 Å². The minimum atomic E-state index is -3.17. The first-order valence-electron chi connectivity index (χ1n) is 8.50. The number of carbonyl (C=O) groups excluding carboxylic acids is 1. The summed E-state index contributed by atoms with van der Waals surface area (Å²) in [5.41, 5.74) is 2.81. The molecule has 0 radical (unpaired) electrons. The highest BCUT2D eigenvalue weighted by molar-refractivity contribution is 7.88. The van der Waals surface area contributed by atoms with Gasteiger partial charge in [-0.3, -0.25) is 14.5 Å². The van der Waals surface area contributed by atoms with Crippen molar-refractivity contribution >= 4 is 15.9 Å². The highest BCUT2D eigenvalue weighted by Crippen LogP contribution is 2.20. The molecule has 0 spiro atoms. The Morgan fingerprint density at radius 2 is 2.04 bits per heavy atom. The molecule has 9 heteroatoms. The number of aromatic nitrogens is 3. The molecule has 2 aromatic rings. The van der Waals surface area contributed by atoms with E-state index in [2.05, 4.69) is 15.4 Å². The Balaban J connectivity index is 1.56. The van der Waals surface area contributed by atoms with E-state index in [1.54, 1.807) is 23.3 Å². The molecule has 0 atom stereocenters. The Labute approximate surface area is 153 Å². The second-order valence-electron chi connectivity index (χ2n) is 6.58. The number of piperidine rings is 1. The minimum absolute atomic E-state index is 0.0379. The second-order valence-corrected chi connectivity index (χ2v) is 8.56. The molecule has 1 saturated heterocycles. The monoisotopic (exact) mass is 377 g/mol. The molecule has 2 aromatic heterocycles. The molecule has 1 aliphatic heterocycles. The van der Waals surface area contributed by atoms with Crippen LogP contribution in [-0.2, 0) is 28.4 Å². The van der Waals surface area contributed by atoms with Gasteiger partial charge < -0.3 is 5.32 Å². The van der Waals surface area contributed by atoms with E-state index in [1.807, 2.05) is 19.2 Å². The third-order valence-corrected chi connectivity index (χ3v) is 5.98. The van der Waals surface area contributed by atoms with Crippen molar-refractivity contribution in [2.24, 2.45) is 13.0 Å². The average molecular weight is 377 g/mol. The maximum Gasteiger partial charge on any atom is 0.223 e. The van der Waals surface area contributed by atoms with Crippen LogP contribution in [-0.4, -0.2) is 52.7 Å². The standard InChI is InChI=1S/C17H23N5O3S/c1-21-16(3-6-20-21)15-9-13(10-18-12-15)11-19-17(23)14-4-7-22(8-5-14)26(2,24)25/h3,6,9-10,12,14H,4-5,7-8,11H2,1-2H3,(H,19,23). The topological polar surface area (TPSA) is 97.2 Å². The van der Waals surface area contributed by atoms with Gasteiger partial charge in [-0.2, -0.15) is 5.10 Å². The molecular weight excluding hydrogens is 354 g/mol. The SMILES string of the molecule is Cn1nccc1-c1cncc(CNC(=O)C2CCN(S(C)(=O)=O)CC2)c1. The van der Waals surface area contributed by atoms with Gasteiger partial charge in [-0.15, -0.1) is 0 Å². The number of nitrogens with zero attached hydrogens (tertiary/aromatic N) is 4. The lowest BCUT2D eigenvalue weighted by Gasteiger charge is -2.29. The van der Waals surface area contributed by atoms with Gasteiger partial charge in [-0.05, 0) is 30.5 Å². The van der Waals surface area contributed by atoms with Crippen molar-refractivity contribution in [2.45, 2.75) is 19.4 Å². The van der Waals surface area contributed by atoms with Crippen molar-refractivity contribution in [1.82, 2.24) is 24.4 Å². The fraction of sp³-hybridized carbons (Fsp3) is 0.471. The Morgan fingerprint density at radius 3 is 2.65 bits per heavy atom. The molecule has 1 aliphatic rings. The summed E-state index contributed by atoms with van der Waals surface area (Å²) in [6.45, 7) is 1.19. The van der Waals surface area contributed by atoms with E-state index in [-0.39, 0.29) is 11.8 Å². The molecule has 0 aromatic carbocycles. The lowest BCUT2D eigenvalue weighted by Crippen LogP contribution is -2.42. The van der Waals surface area contributed by atoms with Gasteiger partial charge in [0, 0.05) is 56.8 Å². The summed E-state index contributed by atoms with van der Waals surface area (Å²) in [5, 5.41) is 7.09. The van der Waals surface area contributed by atoms with Gasteiger partial charge in [0.15, 0.2) is 0 Å². The van der Waals surface area contributed by atoms with E-state index in [0.717, 1.165) is 16.8 Å². The number of nitrogens with one attached hydrogen (secondary N) is 1. The Hall–Kier alpha value is -2.26. The lowest BCUT2D eigenvalue weighted by atomic mass is 9.97. The number of hydrogen-bond donors (Lipinski definition) is 1. The van der Waals surface area contributed by atoms with Gasteiger partial charge in [-0.1, -0.05) is 0 Å². The molecule has 26 heavy (non-hydrogen) atoms. The molecule has 0 bridgehead atoms. The molecule has 0 saturated carbocycles. The van der Waals surface area contributed by atoms with Crippen LogP contribution >= 0.6 is 0 Å². The van der Waals surface area contributed by atoms with Crippen LogP contribution in [0.3, 0.4) is 0 Å². The number of aryl methyl sites for hydroxylation is 1. The third kappa shape index (κ3) is 4.28. The first-order chi connectivity index (χ1) is 12.3. The molecule has 0 aliphatic carbocycles. The van der Waals surface area contributed by atoms with Gasteiger partial charge in [0.25, 0.3) is 0 Å². The minimum Gasteiger partial charge on any atom is -0.352 e. The first kappa shape index (κ1) is 18.5. The van der Waals surface area contributed by atoms with Crippen molar-refractivity contribution in [3.63, 3.8) is 0 Å². The van der Waals surface area contributed by atoms with Crippen LogP contribution in [0, 0.1) is 5.92 Å². The van der Waals surface area contributed by atoms with Crippen LogP contribution in [0.4, 0.5) is 0 Å². The summed E-state index contributed by atoms with van der Waals surface area (Å²) in [6, 6.07) is 3.89. The predicted molar refractivity (Wildman–Crippen MR) is 97.4 cm³/mol. The zero-order valence-corrected chi connectivity index (χ0v) is 15.7. The Bertz CT molecular complexity index is 885. The largest absolute Gasteiger partial charge is 0.352 e. The molecule has 0 unspecified atom stereocenters. The number of rotatable bonds is 5. The maximum atomic E-state index is 12.4. The van der Waals surface area contributed by atoms with Crippen molar-refractivity contribution in [2.75, 3.05) is 19.3 Å². The number of hydrogen-bond acceptors (Lipinski definition) is 5. The summed E-state index contributed by atoms with van der Waals surface area (Å²) in [6.07, 6.45) is 7.52. The third-order valence-electron chi connectivity index (χ3n) is 4.67. The van der Waals surface area contributed by atoms with E-state index in [4.69, 9.17) is 0 Å². The Kier molecular flexibility index (Phi) is 5.38. The van der Waals surface area contributed by atoms with Crippen LogP contribution in [0.5, 0.6) is 0 Å². The van der Waals surface area contributed by atoms with Crippen molar-refractivity contribution in [3.05, 3.63) is 36.3 Å². The molecular formula is C17H23N5O3S. The van der Waals surface area contributed by atoms with Crippen LogP contribution < -0.4 is 5.32 Å². The normalized spacial score (nSPS) is 16.5. The zero-order valence-electron chi connectivity index (χ0n) is 14.9. The highest BCUT2D eigenvalue weighted by atomic mass is 32.2. The smallest absolute Gasteiger partial charge is 0.223 e. The first-order valence-corrected chi connectivity index (χ1v) is 10.3. The van der Waals surface area contributed by atoms with Gasteiger partial charge >= 0.3 is 0 Å². The van der Waals surface area contributed by atoms with E-state index < -0.39 is 10.0 Å². The summed E-state index contributed by atoms with van der Waals surface area (Å²) in [4.78, 5) is 16.6. The van der Waals surface area contributed by atoms with Gasteiger partial charge in [0.2, 0.25) is 15.9 Å². The fourth-order valence-corrected chi connectivity index (χ4v) is 4.04. The Morgan fingerprint density at radius 1 is 1.31 bits per heavy atom. The van der Waals surface area contributed by atoms with Crippen molar-refractivity contribution in [3.8, 4) is 11.3 Å². The summed E-state index contributed by atoms with van der Waals surface area (Å²) in [7, 11) is -1.31. The number of carbonyl (C=O) groups is 1. The average Bonchev–Trinajstić information content (AvgIpc) is 3.05. The van der Waals surface area contributed by atoms with E-state index in [1.165, 1.54) is 10.6 Å². The highest BCUT2D eigenvalue weighted by Gasteiger charge is 2.28. The quantitative estimate of drug-likeness (QED) is 0.830. The molecule has 1 N–H and O–H groups in total. The molecule has 140 valence electrons. The van der Waals surface area contributed by atoms with E-state index >= 15 is 0 Å². The van der Waals surface area contributed by atoms with Gasteiger partial charge in [0.05, 0.1) is 11.9 Å². The van der Waals surface area contributed by atoms with Crippen molar-refractivity contribution in [1.29, 1.82) is 0 Å². The lowest BCUT2D eigenvalue weighted by molar-refractivity contribution is -0.126. The van der Waals surface area contributed by atoms with Crippen LogP contribution in [0.2, 0.25) is 0 Å². The van der Waals surface area contributed by atoms with Gasteiger partial charge in [-0.25, -0.2) is 12.7 Å². The molecule has 1 fully saturated rings. The summed E-state index contributed by atoms with van der Waals surface area (Å²) in [5.74, 6) is -0.190. The summed E-state index contributed by atoms with van der Waals surface area (Å²) >= 11 is 0. The molecule has 8 nitrogen and oxygen atoms in total. The summed E-state index contributed by atoms with van der Waals surface area (Å²) < 4.78 is 26.3. The zero-order chi connectivity index (χ0) is 18.7. The fourth-order valence-electron chi connectivity index (χ4n) is 3.16. The molecule has 1 amide bonds. The number of pyridine rings is 1. The number of amides is 1. The molecule has 3 heterocycles. The number of sulfonamides is 1. The molecule has 3 rings (SSSR count). The van der Waals surface area contributed by atoms with Crippen LogP contribution in [0.1, 0.15) is 18.4 Å². The predicted octanol–water partition coefficient (Wildman–Crippen LogP) is 0.770. The van der Waals surface area contributed by atoms with E-state index in [9.17, 15) is 13.2 Å².